The van der Waals surface area contributed by atoms with Gasteiger partial charge in [-0.25, -0.2) is 0 Å². The largest absolute Gasteiger partial charge is 0.454 e. The van der Waals surface area contributed by atoms with E-state index in [-0.39, 0.29) is 6.42 Å². The van der Waals surface area contributed by atoms with Crippen molar-refractivity contribution < 1.29 is 24.9 Å². The van der Waals surface area contributed by atoms with Gasteiger partial charge < -0.3 is 20.1 Å². The number of carbonyl (C=O) groups is 1. The molecule has 0 spiro atoms. The van der Waals surface area contributed by atoms with Crippen molar-refractivity contribution in [3.8, 4) is 0 Å². The van der Waals surface area contributed by atoms with Crippen LogP contribution in [0.2, 0.25) is 0 Å². The van der Waals surface area contributed by atoms with Crippen molar-refractivity contribution in [1.82, 2.24) is 0 Å². The molecule has 0 aromatic carbocycles. The Balaban J connectivity index is 3.43. The average molecular weight is 371 g/mol. The fraction of sp³-hybridized carbons (Fsp3) is 0.762. The van der Waals surface area contributed by atoms with Crippen LogP contribution in [0.4, 0.5) is 0 Å². The van der Waals surface area contributed by atoms with Crippen LogP contribution in [0.25, 0.3) is 0 Å². The molecule has 0 saturated heterocycles. The van der Waals surface area contributed by atoms with Gasteiger partial charge in [0.15, 0.2) is 6.10 Å². The van der Waals surface area contributed by atoms with Gasteiger partial charge in [-0.3, -0.25) is 4.79 Å². The molecule has 0 rings (SSSR count). The highest BCUT2D eigenvalue weighted by molar-refractivity contribution is 5.69. The first-order valence-corrected chi connectivity index (χ1v) is 10.0. The molecule has 3 N–H and O–H groups in total. The lowest BCUT2D eigenvalue weighted by molar-refractivity contribution is -0.352. The molecular weight excluding hydrogens is 332 g/mol. The maximum Gasteiger partial charge on any atom is 0.314 e. The van der Waals surface area contributed by atoms with Crippen LogP contribution in [0, 0.1) is 0 Å². The number of unbranched alkanes of at least 4 members (excludes halogenated alkanes) is 8. The molecule has 0 aliphatic heterocycles. The summed E-state index contributed by atoms with van der Waals surface area (Å²) in [5.41, 5.74) is 0. The van der Waals surface area contributed by atoms with Gasteiger partial charge in [0.1, 0.15) is 0 Å². The second-order valence-electron chi connectivity index (χ2n) is 6.80. The Kier molecular flexibility index (Phi) is 15.3. The van der Waals surface area contributed by atoms with Gasteiger partial charge in [0, 0.05) is 6.42 Å². The molecule has 0 bridgehead atoms. The first-order valence-electron chi connectivity index (χ1n) is 10.0. The molecule has 0 amide bonds. The first-order chi connectivity index (χ1) is 12.4. The maximum absolute atomic E-state index is 11.5. The fourth-order valence-corrected chi connectivity index (χ4v) is 2.42. The molecule has 26 heavy (non-hydrogen) atoms. The SMILES string of the molecule is CCCCC/C=C\C/C=C\CCCCCCCC(=O)OC(C)C(O)(O)O. The van der Waals surface area contributed by atoms with Crippen molar-refractivity contribution in [2.24, 2.45) is 0 Å². The molecule has 5 heteroatoms. The quantitative estimate of drug-likeness (QED) is 0.163. The predicted molar refractivity (Wildman–Crippen MR) is 104 cm³/mol. The van der Waals surface area contributed by atoms with Crippen LogP contribution >= 0.6 is 0 Å². The van der Waals surface area contributed by atoms with E-state index in [1.807, 2.05) is 0 Å². The van der Waals surface area contributed by atoms with Gasteiger partial charge in [0.25, 0.3) is 0 Å². The summed E-state index contributed by atoms with van der Waals surface area (Å²) in [6.45, 7) is 3.45. The summed E-state index contributed by atoms with van der Waals surface area (Å²) in [5.74, 6) is -3.50. The monoisotopic (exact) mass is 370 g/mol. The second kappa shape index (κ2) is 16.0. The Morgan fingerprint density at radius 3 is 2.00 bits per heavy atom. The Morgan fingerprint density at radius 2 is 1.42 bits per heavy atom. The van der Waals surface area contributed by atoms with Crippen LogP contribution in [0.15, 0.2) is 24.3 Å². The molecule has 0 radical (unpaired) electrons. The Bertz CT molecular complexity index is 396. The van der Waals surface area contributed by atoms with E-state index >= 15 is 0 Å². The number of ether oxygens (including phenoxy) is 1. The molecule has 0 saturated carbocycles. The zero-order valence-corrected chi connectivity index (χ0v) is 16.5. The van der Waals surface area contributed by atoms with Gasteiger partial charge in [-0.2, -0.15) is 0 Å². The van der Waals surface area contributed by atoms with Crippen molar-refractivity contribution in [3.63, 3.8) is 0 Å². The lowest BCUT2D eigenvalue weighted by Crippen LogP contribution is -2.42. The summed E-state index contributed by atoms with van der Waals surface area (Å²) in [4.78, 5) is 11.5. The summed E-state index contributed by atoms with van der Waals surface area (Å²) >= 11 is 0. The molecule has 0 aliphatic rings. The topological polar surface area (TPSA) is 87.0 Å². The summed E-state index contributed by atoms with van der Waals surface area (Å²) in [7, 11) is 0. The molecule has 0 aliphatic carbocycles. The Labute approximate surface area is 158 Å². The van der Waals surface area contributed by atoms with Gasteiger partial charge in [0.2, 0.25) is 0 Å². The third-order valence-corrected chi connectivity index (χ3v) is 4.19. The van der Waals surface area contributed by atoms with E-state index in [4.69, 9.17) is 20.1 Å². The number of hydrogen-bond acceptors (Lipinski definition) is 5. The smallest absolute Gasteiger partial charge is 0.314 e. The van der Waals surface area contributed by atoms with Gasteiger partial charge in [-0.05, 0) is 45.4 Å². The Morgan fingerprint density at radius 1 is 0.885 bits per heavy atom. The first kappa shape index (κ1) is 24.8. The molecule has 5 nitrogen and oxygen atoms in total. The van der Waals surface area contributed by atoms with Gasteiger partial charge in [-0.15, -0.1) is 0 Å². The lowest BCUT2D eigenvalue weighted by atomic mass is 10.1. The summed E-state index contributed by atoms with van der Waals surface area (Å²) in [6.07, 6.45) is 20.0. The molecule has 0 heterocycles. The Hall–Kier alpha value is -1.17. The van der Waals surface area contributed by atoms with Gasteiger partial charge >= 0.3 is 11.9 Å². The molecule has 1 unspecified atom stereocenters. The van der Waals surface area contributed by atoms with Crippen LogP contribution in [-0.2, 0) is 9.53 Å². The van der Waals surface area contributed by atoms with Crippen LogP contribution in [-0.4, -0.2) is 33.4 Å². The number of hydrogen-bond donors (Lipinski definition) is 3. The standard InChI is InChI=1S/C21H38O5/c1-3-4-5-6-7-8-9-10-11-12-13-14-15-16-17-18-20(22)26-19(2)21(23,24)25/h7-8,10-11,19,23-25H,3-6,9,12-18H2,1-2H3/b8-7-,11-10-. The number of aliphatic hydroxyl groups is 3. The minimum atomic E-state index is -2.98. The minimum Gasteiger partial charge on any atom is -0.454 e. The summed E-state index contributed by atoms with van der Waals surface area (Å²) in [5, 5.41) is 26.6. The second-order valence-corrected chi connectivity index (χ2v) is 6.80. The number of carbonyl (C=O) groups excluding carboxylic acids is 1. The zero-order valence-electron chi connectivity index (χ0n) is 16.5. The van der Waals surface area contributed by atoms with Crippen molar-refractivity contribution >= 4 is 5.97 Å². The number of esters is 1. The summed E-state index contributed by atoms with van der Waals surface area (Å²) in [6, 6.07) is 0. The third kappa shape index (κ3) is 16.3. The van der Waals surface area contributed by atoms with Gasteiger partial charge in [0.05, 0.1) is 0 Å². The molecule has 0 aromatic heterocycles. The molecule has 0 fully saturated rings. The van der Waals surface area contributed by atoms with Crippen molar-refractivity contribution in [2.75, 3.05) is 0 Å². The highest BCUT2D eigenvalue weighted by Gasteiger charge is 2.31. The van der Waals surface area contributed by atoms with Crippen LogP contribution in [0.5, 0.6) is 0 Å². The highest BCUT2D eigenvalue weighted by Crippen LogP contribution is 2.11. The van der Waals surface area contributed by atoms with Crippen molar-refractivity contribution in [2.45, 2.75) is 103 Å². The van der Waals surface area contributed by atoms with E-state index in [1.165, 1.54) is 32.6 Å². The van der Waals surface area contributed by atoms with Crippen molar-refractivity contribution in [1.29, 1.82) is 0 Å². The average Bonchev–Trinajstić information content (AvgIpc) is 2.57. The van der Waals surface area contributed by atoms with Crippen LogP contribution in [0.3, 0.4) is 0 Å². The molecule has 1 atom stereocenters. The zero-order chi connectivity index (χ0) is 19.7. The van der Waals surface area contributed by atoms with E-state index in [1.54, 1.807) is 0 Å². The molecule has 0 aromatic rings. The maximum atomic E-state index is 11.5. The highest BCUT2D eigenvalue weighted by atomic mass is 16.7. The van der Waals surface area contributed by atoms with E-state index in [0.717, 1.165) is 38.5 Å². The lowest BCUT2D eigenvalue weighted by Gasteiger charge is -2.22. The minimum absolute atomic E-state index is 0.227. The molecule has 152 valence electrons. The normalized spacial score (nSPS) is 13.6. The predicted octanol–water partition coefficient (Wildman–Crippen LogP) is 4.36. The van der Waals surface area contributed by atoms with Crippen LogP contribution < -0.4 is 0 Å². The fourth-order valence-electron chi connectivity index (χ4n) is 2.42. The number of allylic oxidation sites excluding steroid dienone is 4. The van der Waals surface area contributed by atoms with Crippen LogP contribution in [0.1, 0.15) is 90.9 Å². The van der Waals surface area contributed by atoms with E-state index < -0.39 is 18.0 Å². The summed E-state index contributed by atoms with van der Waals surface area (Å²) < 4.78 is 4.73. The van der Waals surface area contributed by atoms with Crippen molar-refractivity contribution in [3.05, 3.63) is 24.3 Å². The number of rotatable bonds is 16. The van der Waals surface area contributed by atoms with E-state index in [2.05, 4.69) is 31.2 Å². The van der Waals surface area contributed by atoms with E-state index in [0.29, 0.717) is 6.42 Å². The van der Waals surface area contributed by atoms with Gasteiger partial charge in [-0.1, -0.05) is 63.3 Å². The third-order valence-electron chi connectivity index (χ3n) is 4.19. The van der Waals surface area contributed by atoms with E-state index in [9.17, 15) is 4.79 Å². The molecular formula is C21H38O5.